The van der Waals surface area contributed by atoms with Crippen LogP contribution in [0.3, 0.4) is 0 Å². The van der Waals surface area contributed by atoms with E-state index in [1.165, 1.54) is 16.0 Å². The van der Waals surface area contributed by atoms with Gasteiger partial charge < -0.3 is 4.74 Å². The lowest BCUT2D eigenvalue weighted by atomic mass is 9.89. The maximum atomic E-state index is 12.8. The van der Waals surface area contributed by atoms with Gasteiger partial charge in [0.15, 0.2) is 4.83 Å². The van der Waals surface area contributed by atoms with Crippen LogP contribution in [0.25, 0.3) is 10.2 Å². The van der Waals surface area contributed by atoms with E-state index >= 15 is 0 Å². The second kappa shape index (κ2) is 6.86. The predicted molar refractivity (Wildman–Crippen MR) is 95.8 cm³/mol. The van der Waals surface area contributed by atoms with E-state index in [4.69, 9.17) is 4.74 Å². The Hall–Kier alpha value is -1.76. The summed E-state index contributed by atoms with van der Waals surface area (Å²) in [6, 6.07) is 0. The van der Waals surface area contributed by atoms with Crippen molar-refractivity contribution in [2.24, 2.45) is 5.92 Å². The van der Waals surface area contributed by atoms with Gasteiger partial charge in [-0.1, -0.05) is 18.6 Å². The Morgan fingerprint density at radius 2 is 2.12 bits per heavy atom. The number of nitrogens with zero attached hydrogens (tertiary/aromatic N) is 3. The Morgan fingerprint density at radius 1 is 1.28 bits per heavy atom. The van der Waals surface area contributed by atoms with Gasteiger partial charge in [-0.3, -0.25) is 9.59 Å². The van der Waals surface area contributed by atoms with Crippen LogP contribution in [0.15, 0.2) is 4.79 Å². The number of esters is 1. The summed E-state index contributed by atoms with van der Waals surface area (Å²) < 4.78 is 6.73. The lowest BCUT2D eigenvalue weighted by Gasteiger charge is -2.26. The first-order valence-corrected chi connectivity index (χ1v) is 10.0. The fourth-order valence-electron chi connectivity index (χ4n) is 4.04. The molecule has 0 aliphatic heterocycles. The van der Waals surface area contributed by atoms with Crippen molar-refractivity contribution in [2.45, 2.75) is 70.9 Å². The van der Waals surface area contributed by atoms with E-state index in [9.17, 15) is 9.59 Å². The van der Waals surface area contributed by atoms with Gasteiger partial charge in [-0.05, 0) is 56.4 Å². The van der Waals surface area contributed by atoms with Crippen LogP contribution in [0, 0.1) is 5.92 Å². The van der Waals surface area contributed by atoms with Gasteiger partial charge in [0.2, 0.25) is 0 Å². The molecule has 0 radical (unpaired) electrons. The molecule has 0 amide bonds. The maximum absolute atomic E-state index is 12.8. The molecule has 4 rings (SSSR count). The number of aryl methyl sites for hydroxylation is 2. The number of rotatable bonds is 3. The van der Waals surface area contributed by atoms with Gasteiger partial charge in [-0.2, -0.15) is 4.68 Å². The zero-order valence-corrected chi connectivity index (χ0v) is 15.3. The Bertz CT molecular complexity index is 857. The molecule has 0 spiro atoms. The lowest BCUT2D eigenvalue weighted by Crippen LogP contribution is -2.32. The van der Waals surface area contributed by atoms with Crippen LogP contribution < -0.4 is 5.56 Å². The summed E-state index contributed by atoms with van der Waals surface area (Å²) in [6.07, 6.45) is 8.26. The fraction of sp³-hybridized carbons (Fsp3) is 0.667. The molecule has 25 heavy (non-hydrogen) atoms. The van der Waals surface area contributed by atoms with E-state index in [2.05, 4.69) is 17.2 Å². The molecule has 2 unspecified atom stereocenters. The second-order valence-electron chi connectivity index (χ2n) is 7.33. The molecule has 6 nitrogen and oxygen atoms in total. The maximum Gasteiger partial charge on any atom is 0.328 e. The van der Waals surface area contributed by atoms with E-state index in [1.807, 2.05) is 0 Å². The van der Waals surface area contributed by atoms with Crippen LogP contribution in [0.5, 0.6) is 0 Å². The number of carbonyl (C=O) groups excluding carboxylic acids is 1. The number of hydrogen-bond acceptors (Lipinski definition) is 6. The van der Waals surface area contributed by atoms with Gasteiger partial charge in [0.05, 0.1) is 5.39 Å². The molecule has 0 bridgehead atoms. The monoisotopic (exact) mass is 361 g/mol. The Kier molecular flexibility index (Phi) is 4.58. The highest BCUT2D eigenvalue weighted by Crippen LogP contribution is 2.33. The quantitative estimate of drug-likeness (QED) is 0.786. The molecule has 7 heteroatoms. The largest absolute Gasteiger partial charge is 0.461 e. The van der Waals surface area contributed by atoms with E-state index in [-0.39, 0.29) is 24.2 Å². The summed E-state index contributed by atoms with van der Waals surface area (Å²) in [5.41, 5.74) is 0.910. The topological polar surface area (TPSA) is 74.1 Å². The number of thiophene rings is 1. The fourth-order valence-corrected chi connectivity index (χ4v) is 5.24. The molecule has 2 aromatic heterocycles. The first-order valence-electron chi connectivity index (χ1n) is 9.19. The summed E-state index contributed by atoms with van der Waals surface area (Å²) in [6.45, 7) is 2.03. The standard InChI is InChI=1S/C18H23N3O3S/c1-11-5-4-6-12(9-11)24-15(22)10-21-18(23)16-13-7-2-3-8-14(13)25-17(16)19-20-21/h11-12H,2-10H2,1H3. The van der Waals surface area contributed by atoms with Crippen molar-refractivity contribution in [2.75, 3.05) is 0 Å². The molecule has 2 aromatic rings. The van der Waals surface area contributed by atoms with E-state index in [1.54, 1.807) is 11.3 Å². The Morgan fingerprint density at radius 3 is 2.96 bits per heavy atom. The van der Waals surface area contributed by atoms with Crippen LogP contribution in [0.2, 0.25) is 0 Å². The molecule has 0 N–H and O–H groups in total. The highest BCUT2D eigenvalue weighted by atomic mass is 32.1. The van der Waals surface area contributed by atoms with Gasteiger partial charge >= 0.3 is 5.97 Å². The molecule has 0 aromatic carbocycles. The number of carbonyl (C=O) groups is 1. The minimum absolute atomic E-state index is 0.0300. The van der Waals surface area contributed by atoms with E-state index in [0.717, 1.165) is 50.5 Å². The van der Waals surface area contributed by atoms with Gasteiger partial charge in [-0.15, -0.1) is 16.4 Å². The first-order chi connectivity index (χ1) is 12.1. The molecule has 2 heterocycles. The van der Waals surface area contributed by atoms with Crippen molar-refractivity contribution in [1.29, 1.82) is 0 Å². The number of aromatic nitrogens is 3. The highest BCUT2D eigenvalue weighted by molar-refractivity contribution is 7.18. The molecule has 134 valence electrons. The number of fused-ring (bicyclic) bond motifs is 3. The average Bonchev–Trinajstić information content (AvgIpc) is 2.96. The number of hydrogen-bond donors (Lipinski definition) is 0. The van der Waals surface area contributed by atoms with Crippen molar-refractivity contribution < 1.29 is 9.53 Å². The van der Waals surface area contributed by atoms with E-state index < -0.39 is 0 Å². The third-order valence-corrected chi connectivity index (χ3v) is 6.49. The van der Waals surface area contributed by atoms with Crippen LogP contribution in [-0.2, 0) is 28.9 Å². The third kappa shape index (κ3) is 3.34. The van der Waals surface area contributed by atoms with Crippen LogP contribution in [0.1, 0.15) is 55.9 Å². The minimum Gasteiger partial charge on any atom is -0.461 e. The second-order valence-corrected chi connectivity index (χ2v) is 8.41. The molecule has 0 saturated heterocycles. The minimum atomic E-state index is -0.390. The van der Waals surface area contributed by atoms with Crippen LogP contribution in [0.4, 0.5) is 0 Å². The Balaban J connectivity index is 1.54. The SMILES string of the molecule is CC1CCCC(OC(=O)Cn2nnc3sc4c(c3c2=O)CCCC4)C1. The van der Waals surface area contributed by atoms with Crippen molar-refractivity contribution in [3.63, 3.8) is 0 Å². The van der Waals surface area contributed by atoms with E-state index in [0.29, 0.717) is 16.1 Å². The summed E-state index contributed by atoms with van der Waals surface area (Å²) >= 11 is 1.57. The van der Waals surface area contributed by atoms with Crippen LogP contribution in [-0.4, -0.2) is 27.1 Å². The first kappa shape index (κ1) is 16.7. The summed E-state index contributed by atoms with van der Waals surface area (Å²) in [5, 5.41) is 8.81. The average molecular weight is 361 g/mol. The van der Waals surface area contributed by atoms with Crippen molar-refractivity contribution in [3.8, 4) is 0 Å². The zero-order chi connectivity index (χ0) is 17.4. The molecular formula is C18H23N3O3S. The molecule has 2 aliphatic rings. The number of ether oxygens (including phenoxy) is 1. The molecule has 2 atom stereocenters. The van der Waals surface area contributed by atoms with Crippen LogP contribution >= 0.6 is 11.3 Å². The molecular weight excluding hydrogens is 338 g/mol. The van der Waals surface area contributed by atoms with Crippen molar-refractivity contribution in [3.05, 3.63) is 20.8 Å². The van der Waals surface area contributed by atoms with Gasteiger partial charge in [0.25, 0.3) is 5.56 Å². The third-order valence-electron chi connectivity index (χ3n) is 5.31. The summed E-state index contributed by atoms with van der Waals surface area (Å²) in [5.74, 6) is 0.196. The van der Waals surface area contributed by atoms with Gasteiger partial charge in [0, 0.05) is 4.88 Å². The highest BCUT2D eigenvalue weighted by Gasteiger charge is 2.24. The Labute approximate surface area is 150 Å². The lowest BCUT2D eigenvalue weighted by molar-refractivity contribution is -0.152. The summed E-state index contributed by atoms with van der Waals surface area (Å²) in [7, 11) is 0. The zero-order valence-electron chi connectivity index (χ0n) is 14.5. The predicted octanol–water partition coefficient (Wildman–Crippen LogP) is 2.85. The van der Waals surface area contributed by atoms with Crippen molar-refractivity contribution >= 4 is 27.5 Å². The van der Waals surface area contributed by atoms with Crippen molar-refractivity contribution in [1.82, 2.24) is 15.0 Å². The molecule has 1 fully saturated rings. The smallest absolute Gasteiger partial charge is 0.328 e. The summed E-state index contributed by atoms with van der Waals surface area (Å²) in [4.78, 5) is 27.0. The van der Waals surface area contributed by atoms with Gasteiger partial charge in [-0.25, -0.2) is 0 Å². The molecule has 2 aliphatic carbocycles. The van der Waals surface area contributed by atoms with Gasteiger partial charge in [0.1, 0.15) is 12.6 Å². The molecule has 1 saturated carbocycles. The normalized spacial score (nSPS) is 23.4.